The number of rotatable bonds is 5. The largest absolute Gasteiger partial charge is 0.490 e. The molecule has 186 valence electrons. The van der Waals surface area contributed by atoms with Gasteiger partial charge < -0.3 is 15.3 Å². The molecule has 0 bridgehead atoms. The van der Waals surface area contributed by atoms with E-state index in [4.69, 9.17) is 15.2 Å². The number of hydrogen-bond acceptors (Lipinski definition) is 5. The topological polar surface area (TPSA) is 106 Å². The fourth-order valence-corrected chi connectivity index (χ4v) is 4.07. The first-order chi connectivity index (χ1) is 16.7. The molecular weight excluding hydrogens is 461 g/mol. The fourth-order valence-electron chi connectivity index (χ4n) is 4.07. The molecule has 2 aliphatic rings. The molecule has 0 radical (unpaired) electrons. The van der Waals surface area contributed by atoms with Crippen molar-refractivity contribution in [3.63, 3.8) is 0 Å². The highest BCUT2D eigenvalue weighted by Crippen LogP contribution is 2.32. The lowest BCUT2D eigenvalue weighted by Crippen LogP contribution is -2.54. The van der Waals surface area contributed by atoms with Gasteiger partial charge >= 0.3 is 12.1 Å². The molecule has 2 fully saturated rings. The van der Waals surface area contributed by atoms with Crippen molar-refractivity contribution in [2.75, 3.05) is 11.4 Å². The normalized spacial score (nSPS) is 17.8. The molecule has 0 unspecified atom stereocenters. The standard InChI is InChI=1S/C23H26N4O.C2HF3O2/c24-14-17-6-10-21(11-7-17)27(23(28)22-12-13-25-22)16-20-9-8-19(15-26-20)18-4-2-1-3-5-18;3-2(4,5)1(6)7/h6-11,15,18,22,25H,1-5,12-13,16H2;(H,6,7)/t22-;/m1./s1. The van der Waals surface area contributed by atoms with E-state index in [1.54, 1.807) is 17.0 Å². The van der Waals surface area contributed by atoms with E-state index in [1.807, 2.05) is 18.3 Å². The predicted octanol–water partition coefficient (Wildman–Crippen LogP) is 4.53. The van der Waals surface area contributed by atoms with Crippen molar-refractivity contribution >= 4 is 17.6 Å². The maximum absolute atomic E-state index is 13.0. The van der Waals surface area contributed by atoms with Crippen LogP contribution in [0.3, 0.4) is 0 Å². The van der Waals surface area contributed by atoms with Gasteiger partial charge in [0.2, 0.25) is 5.91 Å². The number of aromatic nitrogens is 1. The highest BCUT2D eigenvalue weighted by Gasteiger charge is 2.38. The second-order valence-corrected chi connectivity index (χ2v) is 8.60. The van der Waals surface area contributed by atoms with Crippen molar-refractivity contribution in [2.45, 2.75) is 63.2 Å². The minimum Gasteiger partial charge on any atom is -0.475 e. The van der Waals surface area contributed by atoms with Gasteiger partial charge in [0.15, 0.2) is 0 Å². The van der Waals surface area contributed by atoms with E-state index in [0.717, 1.165) is 24.3 Å². The number of pyridine rings is 1. The number of nitrogens with one attached hydrogen (secondary N) is 1. The van der Waals surface area contributed by atoms with Gasteiger partial charge in [0.25, 0.3) is 0 Å². The van der Waals surface area contributed by atoms with Gasteiger partial charge in [-0.25, -0.2) is 4.79 Å². The summed E-state index contributed by atoms with van der Waals surface area (Å²) in [5, 5.41) is 19.3. The molecule has 2 N–H and O–H groups in total. The van der Waals surface area contributed by atoms with Crippen molar-refractivity contribution in [1.82, 2.24) is 10.3 Å². The van der Waals surface area contributed by atoms with E-state index in [-0.39, 0.29) is 11.9 Å². The summed E-state index contributed by atoms with van der Waals surface area (Å²) in [6.45, 7) is 1.32. The predicted molar refractivity (Wildman–Crippen MR) is 123 cm³/mol. The average molecular weight is 489 g/mol. The summed E-state index contributed by atoms with van der Waals surface area (Å²) in [6, 6.07) is 13.4. The summed E-state index contributed by atoms with van der Waals surface area (Å²) in [6.07, 6.45) is 4.24. The minimum absolute atomic E-state index is 0.0640. The third-order valence-corrected chi connectivity index (χ3v) is 6.18. The molecule has 2 aromatic rings. The van der Waals surface area contributed by atoms with Crippen molar-refractivity contribution in [3.05, 3.63) is 59.4 Å². The van der Waals surface area contributed by atoms with Crippen LogP contribution in [0, 0.1) is 11.3 Å². The third-order valence-electron chi connectivity index (χ3n) is 6.18. The molecule has 35 heavy (non-hydrogen) atoms. The van der Waals surface area contributed by atoms with Crippen molar-refractivity contribution in [2.24, 2.45) is 0 Å². The van der Waals surface area contributed by atoms with Crippen molar-refractivity contribution in [1.29, 1.82) is 5.26 Å². The highest BCUT2D eigenvalue weighted by atomic mass is 19.4. The van der Waals surface area contributed by atoms with Crippen LogP contribution in [-0.2, 0) is 16.1 Å². The van der Waals surface area contributed by atoms with Gasteiger partial charge in [-0.1, -0.05) is 25.3 Å². The molecule has 7 nitrogen and oxygen atoms in total. The number of amides is 1. The number of hydrogen-bond donors (Lipinski definition) is 2. The molecule has 1 aliphatic carbocycles. The summed E-state index contributed by atoms with van der Waals surface area (Å²) in [4.78, 5) is 28.3. The van der Waals surface area contributed by atoms with E-state index in [9.17, 15) is 18.0 Å². The zero-order chi connectivity index (χ0) is 25.4. The van der Waals surface area contributed by atoms with Crippen molar-refractivity contribution in [3.8, 4) is 6.07 Å². The second-order valence-electron chi connectivity index (χ2n) is 8.60. The number of nitriles is 1. The first-order valence-corrected chi connectivity index (χ1v) is 11.5. The SMILES string of the molecule is N#Cc1ccc(N(Cc2ccc(C3CCCCC3)cn2)C(=O)[C@H]2CCN2)cc1.O=C(O)C(F)(F)F. The van der Waals surface area contributed by atoms with Crippen LogP contribution in [0.15, 0.2) is 42.6 Å². The van der Waals surface area contributed by atoms with Gasteiger partial charge in [-0.2, -0.15) is 18.4 Å². The van der Waals surface area contributed by atoms with Crippen LogP contribution in [-0.4, -0.2) is 40.7 Å². The van der Waals surface area contributed by atoms with E-state index in [2.05, 4.69) is 28.5 Å². The molecular formula is C25H27F3N4O3. The van der Waals surface area contributed by atoms with Gasteiger partial charge in [-0.3, -0.25) is 9.78 Å². The summed E-state index contributed by atoms with van der Waals surface area (Å²) in [5.41, 5.74) is 3.60. The Labute approximate surface area is 201 Å². The molecule has 1 saturated carbocycles. The van der Waals surface area contributed by atoms with E-state index >= 15 is 0 Å². The number of anilines is 1. The lowest BCUT2D eigenvalue weighted by Gasteiger charge is -2.32. The van der Waals surface area contributed by atoms with Crippen LogP contribution >= 0.6 is 0 Å². The minimum atomic E-state index is -5.08. The van der Waals surface area contributed by atoms with Crippen LogP contribution in [0.4, 0.5) is 18.9 Å². The van der Waals surface area contributed by atoms with Crippen LogP contribution in [0.5, 0.6) is 0 Å². The van der Waals surface area contributed by atoms with Gasteiger partial charge in [-0.15, -0.1) is 0 Å². The summed E-state index contributed by atoms with van der Waals surface area (Å²) >= 11 is 0. The van der Waals surface area contributed by atoms with Crippen LogP contribution in [0.2, 0.25) is 0 Å². The Morgan fingerprint density at radius 3 is 2.17 bits per heavy atom. The lowest BCUT2D eigenvalue weighted by molar-refractivity contribution is -0.192. The monoisotopic (exact) mass is 488 g/mol. The average Bonchev–Trinajstić information content (AvgIpc) is 2.82. The molecule has 10 heteroatoms. The maximum atomic E-state index is 13.0. The van der Waals surface area contributed by atoms with Gasteiger partial charge in [-0.05, 0) is 67.6 Å². The number of carboxylic acids is 1. The first-order valence-electron chi connectivity index (χ1n) is 11.5. The molecule has 1 amide bonds. The summed E-state index contributed by atoms with van der Waals surface area (Å²) < 4.78 is 31.7. The van der Waals surface area contributed by atoms with Crippen LogP contribution in [0.25, 0.3) is 0 Å². The summed E-state index contributed by atoms with van der Waals surface area (Å²) in [5.74, 6) is -2.06. The fraction of sp³-hybridized carbons (Fsp3) is 0.440. The number of nitrogens with zero attached hydrogens (tertiary/aromatic N) is 3. The van der Waals surface area contributed by atoms with E-state index in [1.165, 1.54) is 37.7 Å². The zero-order valence-corrected chi connectivity index (χ0v) is 19.1. The Hall–Kier alpha value is -3.45. The molecule has 1 aromatic heterocycles. The third kappa shape index (κ3) is 7.26. The molecule has 2 heterocycles. The molecule has 0 spiro atoms. The van der Waals surface area contributed by atoms with E-state index < -0.39 is 12.1 Å². The van der Waals surface area contributed by atoms with Gasteiger partial charge in [0, 0.05) is 11.9 Å². The van der Waals surface area contributed by atoms with Crippen LogP contribution < -0.4 is 10.2 Å². The van der Waals surface area contributed by atoms with Crippen LogP contribution in [0.1, 0.15) is 61.3 Å². The number of benzene rings is 1. The van der Waals surface area contributed by atoms with Gasteiger partial charge in [0.05, 0.1) is 29.9 Å². The number of alkyl halides is 3. The Morgan fingerprint density at radius 1 is 1.09 bits per heavy atom. The zero-order valence-electron chi connectivity index (χ0n) is 19.1. The number of carbonyl (C=O) groups is 2. The summed E-state index contributed by atoms with van der Waals surface area (Å²) in [7, 11) is 0. The van der Waals surface area contributed by atoms with Crippen molar-refractivity contribution < 1.29 is 27.9 Å². The molecule has 1 saturated heterocycles. The van der Waals surface area contributed by atoms with Gasteiger partial charge in [0.1, 0.15) is 0 Å². The number of halogens is 3. The lowest BCUT2D eigenvalue weighted by atomic mass is 9.85. The number of carbonyl (C=O) groups excluding carboxylic acids is 1. The Kier molecular flexibility index (Phi) is 8.82. The molecule has 1 aromatic carbocycles. The molecule has 4 rings (SSSR count). The highest BCUT2D eigenvalue weighted by molar-refractivity contribution is 5.97. The Morgan fingerprint density at radius 2 is 1.71 bits per heavy atom. The first kappa shape index (κ1) is 26.2. The molecule has 1 aliphatic heterocycles. The number of aliphatic carboxylic acids is 1. The molecule has 1 atom stereocenters. The quantitative estimate of drug-likeness (QED) is 0.641. The maximum Gasteiger partial charge on any atom is 0.490 e. The Bertz CT molecular complexity index is 1040. The smallest absolute Gasteiger partial charge is 0.475 e. The van der Waals surface area contributed by atoms with E-state index in [0.29, 0.717) is 18.0 Å². The Balaban J connectivity index is 0.000000429. The number of carboxylic acid groups (broad SMARTS) is 1. The second kappa shape index (κ2) is 11.8.